The summed E-state index contributed by atoms with van der Waals surface area (Å²) in [6.45, 7) is 12.4. The molecule has 0 amide bonds. The molecule has 1 aliphatic rings. The lowest BCUT2D eigenvalue weighted by Gasteiger charge is -2.33. The van der Waals surface area contributed by atoms with Crippen LogP contribution in [-0.2, 0) is 38.2 Å². The Labute approximate surface area is 223 Å². The quantitative estimate of drug-likeness (QED) is 0.310. The van der Waals surface area contributed by atoms with Crippen LogP contribution in [0.15, 0.2) is 28.7 Å². The number of carbonyl (C=O) groups excluding carboxylic acids is 1. The van der Waals surface area contributed by atoms with Gasteiger partial charge in [-0.1, -0.05) is 13.3 Å². The summed E-state index contributed by atoms with van der Waals surface area (Å²) in [6.07, 6.45) is 0.400. The predicted octanol–water partition coefficient (Wildman–Crippen LogP) is 6.80. The molecule has 1 aliphatic carbocycles. The number of rotatable bonds is 10. The molecule has 0 bridgehead atoms. The van der Waals surface area contributed by atoms with Crippen molar-refractivity contribution in [3.05, 3.63) is 41.3 Å². The number of nitrogens with one attached hydrogen (secondary N) is 1. The number of carbonyl (C=O) groups is 1. The number of hydrogen-bond acceptors (Lipinski definition) is 5. The van der Waals surface area contributed by atoms with Gasteiger partial charge >= 0.3 is 18.0 Å². The Morgan fingerprint density at radius 3 is 2.24 bits per heavy atom. The van der Waals surface area contributed by atoms with Crippen LogP contribution in [0.1, 0.15) is 84.2 Å². The number of H-pyrrole nitrogens is 1. The fourth-order valence-corrected chi connectivity index (χ4v) is 4.58. The summed E-state index contributed by atoms with van der Waals surface area (Å²) in [5.74, 6) is 1.50. The molecule has 0 spiro atoms. The monoisotopic (exact) mass is 540 g/mol. The molecule has 0 radical (unpaired) electrons. The van der Waals surface area contributed by atoms with Gasteiger partial charge in [0.2, 0.25) is 5.69 Å². The van der Waals surface area contributed by atoms with Crippen LogP contribution in [0, 0.1) is 11.8 Å². The molecule has 0 aliphatic heterocycles. The van der Waals surface area contributed by atoms with E-state index in [2.05, 4.69) is 4.98 Å². The van der Waals surface area contributed by atoms with Gasteiger partial charge in [-0.3, -0.25) is 0 Å². The Bertz CT molecular complexity index is 1050. The van der Waals surface area contributed by atoms with Gasteiger partial charge in [0.25, 0.3) is 0 Å². The van der Waals surface area contributed by atoms with Crippen LogP contribution in [-0.4, -0.2) is 30.4 Å². The van der Waals surface area contributed by atoms with E-state index in [0.717, 1.165) is 49.3 Å². The number of halogens is 3. The molecule has 1 aromatic carbocycles. The van der Waals surface area contributed by atoms with Crippen LogP contribution < -0.4 is 4.98 Å². The molecule has 0 saturated heterocycles. The molecule has 1 aromatic heterocycles. The highest BCUT2D eigenvalue weighted by Crippen LogP contribution is 2.32. The highest BCUT2D eigenvalue weighted by molar-refractivity contribution is 5.78. The van der Waals surface area contributed by atoms with E-state index in [1.807, 2.05) is 27.7 Å². The van der Waals surface area contributed by atoms with Gasteiger partial charge in [-0.25, -0.2) is 4.79 Å². The van der Waals surface area contributed by atoms with Crippen LogP contribution in [0.3, 0.4) is 0 Å². The Morgan fingerprint density at radius 1 is 1.03 bits per heavy atom. The summed E-state index contributed by atoms with van der Waals surface area (Å²) in [6, 6.07) is 4.89. The number of oxazole rings is 1. The second-order valence-corrected chi connectivity index (χ2v) is 11.6. The molecule has 2 aromatic rings. The van der Waals surface area contributed by atoms with E-state index in [-0.39, 0.29) is 5.97 Å². The zero-order valence-electron chi connectivity index (χ0n) is 23.3. The van der Waals surface area contributed by atoms with E-state index in [9.17, 15) is 18.0 Å². The molecule has 2 atom stereocenters. The van der Waals surface area contributed by atoms with E-state index in [0.29, 0.717) is 49.5 Å². The van der Waals surface area contributed by atoms with Gasteiger partial charge in [-0.05, 0) is 90.0 Å². The maximum absolute atomic E-state index is 12.9. The van der Waals surface area contributed by atoms with Crippen molar-refractivity contribution < 1.29 is 41.6 Å². The molecule has 1 heterocycles. The van der Waals surface area contributed by atoms with Crippen LogP contribution in [0.4, 0.5) is 13.2 Å². The summed E-state index contributed by atoms with van der Waals surface area (Å²) >= 11 is 0. The second-order valence-electron chi connectivity index (χ2n) is 11.6. The van der Waals surface area contributed by atoms with Crippen LogP contribution in [0.5, 0.6) is 0 Å². The molecule has 1 N–H and O–H groups in total. The van der Waals surface area contributed by atoms with Gasteiger partial charge in [0.15, 0.2) is 11.4 Å². The molecule has 6 nitrogen and oxygen atoms in total. The molecule has 0 unspecified atom stereocenters. The first-order chi connectivity index (χ1) is 17.7. The molecule has 9 heteroatoms. The molecule has 1 fully saturated rings. The van der Waals surface area contributed by atoms with Gasteiger partial charge in [-0.15, -0.1) is 0 Å². The summed E-state index contributed by atoms with van der Waals surface area (Å²) in [5, 5.41) is 0. The van der Waals surface area contributed by atoms with Crippen molar-refractivity contribution in [1.29, 1.82) is 0 Å². The number of benzene rings is 1. The molecule has 38 heavy (non-hydrogen) atoms. The van der Waals surface area contributed by atoms with E-state index in [4.69, 9.17) is 18.6 Å². The molecule has 1 saturated carbocycles. The minimum absolute atomic E-state index is 0.330. The van der Waals surface area contributed by atoms with Gasteiger partial charge in [0.05, 0.1) is 24.3 Å². The van der Waals surface area contributed by atoms with Crippen LogP contribution in [0.25, 0.3) is 11.5 Å². The van der Waals surface area contributed by atoms with E-state index >= 15 is 0 Å². The minimum Gasteiger partial charge on any atom is -0.458 e. The molecule has 3 rings (SSSR count). The molecule has 212 valence electrons. The lowest BCUT2D eigenvalue weighted by molar-refractivity contribution is -0.386. The third kappa shape index (κ3) is 8.56. The number of ether oxygens (including phenoxy) is 3. The summed E-state index contributed by atoms with van der Waals surface area (Å²) < 4.78 is 62.0. The first kappa shape index (κ1) is 30.2. The lowest BCUT2D eigenvalue weighted by atomic mass is 9.82. The first-order valence-corrected chi connectivity index (χ1v) is 13.3. The first-order valence-electron chi connectivity index (χ1n) is 13.3. The number of esters is 1. The Morgan fingerprint density at radius 2 is 1.66 bits per heavy atom. The SMILES string of the molecule is CCc1oc(-c2ccc(C(F)(F)F)cc2)[nH+]c1COC[C@@H]1CCC[C@H](COC(C)(C)C(=O)OC(C)(C)C)C1. The highest BCUT2D eigenvalue weighted by Gasteiger charge is 2.35. The third-order valence-corrected chi connectivity index (χ3v) is 6.68. The smallest absolute Gasteiger partial charge is 0.416 e. The Balaban J connectivity index is 1.50. The topological polar surface area (TPSA) is 72.0 Å². The van der Waals surface area contributed by atoms with Crippen molar-refractivity contribution in [3.63, 3.8) is 0 Å². The van der Waals surface area contributed by atoms with Crippen LogP contribution in [0.2, 0.25) is 0 Å². The van der Waals surface area contributed by atoms with Crippen molar-refractivity contribution in [1.82, 2.24) is 0 Å². The van der Waals surface area contributed by atoms with Gasteiger partial charge in [0, 0.05) is 6.42 Å². The number of hydrogen-bond donors (Lipinski definition) is 0. The van der Waals surface area contributed by atoms with Crippen molar-refractivity contribution in [3.8, 4) is 11.5 Å². The normalized spacial score (nSPS) is 19.0. The number of aromatic amines is 1. The highest BCUT2D eigenvalue weighted by atomic mass is 19.4. The maximum Gasteiger partial charge on any atom is 0.416 e. The van der Waals surface area contributed by atoms with Gasteiger partial charge < -0.3 is 18.6 Å². The van der Waals surface area contributed by atoms with Crippen molar-refractivity contribution in [2.45, 2.75) is 97.6 Å². The predicted molar refractivity (Wildman–Crippen MR) is 136 cm³/mol. The average Bonchev–Trinajstić information content (AvgIpc) is 3.25. The van der Waals surface area contributed by atoms with Crippen LogP contribution >= 0.6 is 0 Å². The lowest BCUT2D eigenvalue weighted by Crippen LogP contribution is -2.42. The number of aryl methyl sites for hydroxylation is 1. The van der Waals surface area contributed by atoms with E-state index < -0.39 is 22.9 Å². The zero-order valence-corrected chi connectivity index (χ0v) is 23.3. The second kappa shape index (κ2) is 12.2. The molecular weight excluding hydrogens is 499 g/mol. The van der Waals surface area contributed by atoms with Gasteiger partial charge in [0.1, 0.15) is 12.2 Å². The molecular formula is C29H41F3NO5+. The fourth-order valence-electron chi connectivity index (χ4n) is 4.58. The summed E-state index contributed by atoms with van der Waals surface area (Å²) in [5.41, 5.74) is -0.930. The van der Waals surface area contributed by atoms with Crippen molar-refractivity contribution >= 4 is 5.97 Å². The third-order valence-electron chi connectivity index (χ3n) is 6.68. The fraction of sp³-hybridized carbons (Fsp3) is 0.655. The average molecular weight is 541 g/mol. The van der Waals surface area contributed by atoms with E-state index in [1.165, 1.54) is 12.1 Å². The van der Waals surface area contributed by atoms with Crippen molar-refractivity contribution in [2.24, 2.45) is 11.8 Å². The summed E-state index contributed by atoms with van der Waals surface area (Å²) in [7, 11) is 0. The van der Waals surface area contributed by atoms with Gasteiger partial charge in [-0.2, -0.15) is 18.2 Å². The van der Waals surface area contributed by atoms with E-state index in [1.54, 1.807) is 13.8 Å². The van der Waals surface area contributed by atoms with Crippen molar-refractivity contribution in [2.75, 3.05) is 13.2 Å². The summed E-state index contributed by atoms with van der Waals surface area (Å²) in [4.78, 5) is 15.7. The zero-order chi connectivity index (χ0) is 28.1. The minimum atomic E-state index is -4.38. The number of aromatic nitrogens is 1. The Kier molecular flexibility index (Phi) is 9.68. The number of alkyl halides is 3. The standard InChI is InChI=1S/C29H40F3NO5/c1-7-24-23(33-25(37-24)21-11-13-22(14-12-21)29(30,31)32)18-35-16-19-9-8-10-20(15-19)17-36-28(5,6)26(34)38-27(2,3)4/h11-14,19-20H,7-10,15-18H2,1-6H3/p+1/t19-,20+/m1/s1. The largest absolute Gasteiger partial charge is 0.458 e. The maximum atomic E-state index is 12.9. The Hall–Kier alpha value is -2.39.